The normalized spacial score (nSPS) is 16.8. The monoisotopic (exact) mass is 320 g/mol. The number of fused-ring (bicyclic) bond motifs is 1. The number of methoxy groups -OCH3 is 1. The molecule has 2 aromatic rings. The van der Waals surface area contributed by atoms with Gasteiger partial charge in [0.2, 0.25) is 5.78 Å². The van der Waals surface area contributed by atoms with Gasteiger partial charge in [-0.25, -0.2) is 0 Å². The number of carbonyl (C=O) groups is 1. The number of para-hydroxylation sites is 1. The molecule has 1 aliphatic heterocycles. The van der Waals surface area contributed by atoms with Crippen LogP contribution >= 0.6 is 23.4 Å². The fourth-order valence-electron chi connectivity index (χ4n) is 2.15. The number of Topliss-reactive ketones (excluding diaryl/α,β-unsaturated/α-hetero) is 1. The molecule has 3 rings (SSSR count). The molecule has 0 aromatic heterocycles. The zero-order valence-corrected chi connectivity index (χ0v) is 12.9. The number of ketones is 1. The zero-order chi connectivity index (χ0) is 14.8. The summed E-state index contributed by atoms with van der Waals surface area (Å²) in [4.78, 5) is 13.6. The van der Waals surface area contributed by atoms with E-state index in [1.54, 1.807) is 30.0 Å². The molecule has 0 N–H and O–H groups in total. The largest absolute Gasteiger partial charge is 0.495 e. The Morgan fingerprint density at radius 3 is 2.95 bits per heavy atom. The van der Waals surface area contributed by atoms with Gasteiger partial charge in [0.25, 0.3) is 0 Å². The summed E-state index contributed by atoms with van der Waals surface area (Å²) < 4.78 is 11.0. The first kappa shape index (κ1) is 14.3. The molecule has 0 fully saturated rings. The fourth-order valence-corrected chi connectivity index (χ4v) is 3.33. The average Bonchev–Trinajstić information content (AvgIpc) is 2.54. The Morgan fingerprint density at radius 1 is 1.33 bits per heavy atom. The van der Waals surface area contributed by atoms with Crippen LogP contribution in [0.1, 0.15) is 10.4 Å². The first-order chi connectivity index (χ1) is 10.2. The van der Waals surface area contributed by atoms with Crippen molar-refractivity contribution in [3.63, 3.8) is 0 Å². The van der Waals surface area contributed by atoms with Crippen LogP contribution in [0.5, 0.6) is 11.5 Å². The van der Waals surface area contributed by atoms with Crippen LogP contribution in [0, 0.1) is 0 Å². The molecule has 0 saturated carbocycles. The maximum atomic E-state index is 12.6. The van der Waals surface area contributed by atoms with Crippen molar-refractivity contribution in [2.24, 2.45) is 0 Å². The van der Waals surface area contributed by atoms with E-state index in [2.05, 4.69) is 0 Å². The number of hydrogen-bond donors (Lipinski definition) is 0. The van der Waals surface area contributed by atoms with Crippen molar-refractivity contribution in [3.05, 3.63) is 53.1 Å². The molecule has 0 aliphatic carbocycles. The van der Waals surface area contributed by atoms with E-state index in [4.69, 9.17) is 21.1 Å². The number of benzene rings is 2. The summed E-state index contributed by atoms with van der Waals surface area (Å²) in [5.41, 5.74) is 0.543. The van der Waals surface area contributed by atoms with E-state index < -0.39 is 6.10 Å². The van der Waals surface area contributed by atoms with Gasteiger partial charge in [-0.3, -0.25) is 4.79 Å². The highest BCUT2D eigenvalue weighted by Gasteiger charge is 2.27. The lowest BCUT2D eigenvalue weighted by atomic mass is 10.1. The summed E-state index contributed by atoms with van der Waals surface area (Å²) in [5.74, 6) is 1.78. The minimum Gasteiger partial charge on any atom is -0.495 e. The van der Waals surface area contributed by atoms with E-state index in [0.29, 0.717) is 22.1 Å². The van der Waals surface area contributed by atoms with Crippen LogP contribution in [-0.4, -0.2) is 24.7 Å². The molecule has 1 unspecified atom stereocenters. The number of halogens is 1. The SMILES string of the molecule is COc1cc(C(=O)C2CSc3ccccc3O2)ccc1Cl. The molecule has 0 radical (unpaired) electrons. The molecule has 0 amide bonds. The summed E-state index contributed by atoms with van der Waals surface area (Å²) in [6, 6.07) is 12.7. The maximum absolute atomic E-state index is 12.6. The summed E-state index contributed by atoms with van der Waals surface area (Å²) in [5, 5.41) is 0.485. The standard InChI is InChI=1S/C16H13ClO3S/c1-19-13-8-10(6-7-11(13)17)16(18)14-9-21-15-5-3-2-4-12(15)20-14/h2-8,14H,9H2,1H3. The number of thioether (sulfide) groups is 1. The highest BCUT2D eigenvalue weighted by molar-refractivity contribution is 7.99. The molecule has 1 aliphatic rings. The summed E-state index contributed by atoms with van der Waals surface area (Å²) in [6.45, 7) is 0. The van der Waals surface area contributed by atoms with Crippen LogP contribution in [0.2, 0.25) is 5.02 Å². The topological polar surface area (TPSA) is 35.5 Å². The molecule has 1 heterocycles. The minimum atomic E-state index is -0.490. The van der Waals surface area contributed by atoms with E-state index in [1.165, 1.54) is 7.11 Å². The van der Waals surface area contributed by atoms with Crippen LogP contribution in [0.15, 0.2) is 47.4 Å². The second-order valence-electron chi connectivity index (χ2n) is 4.58. The lowest BCUT2D eigenvalue weighted by molar-refractivity contribution is 0.0815. The van der Waals surface area contributed by atoms with Gasteiger partial charge in [0.05, 0.1) is 12.1 Å². The van der Waals surface area contributed by atoms with Gasteiger partial charge < -0.3 is 9.47 Å². The van der Waals surface area contributed by atoms with Crippen molar-refractivity contribution >= 4 is 29.1 Å². The van der Waals surface area contributed by atoms with Crippen molar-refractivity contribution in [2.75, 3.05) is 12.9 Å². The van der Waals surface area contributed by atoms with Gasteiger partial charge in [-0.05, 0) is 30.3 Å². The molecule has 1 atom stereocenters. The van der Waals surface area contributed by atoms with Crippen LogP contribution in [-0.2, 0) is 0 Å². The summed E-state index contributed by atoms with van der Waals surface area (Å²) in [7, 11) is 1.53. The average molecular weight is 321 g/mol. The van der Waals surface area contributed by atoms with E-state index >= 15 is 0 Å². The molecule has 3 nitrogen and oxygen atoms in total. The van der Waals surface area contributed by atoms with E-state index in [9.17, 15) is 4.79 Å². The molecule has 21 heavy (non-hydrogen) atoms. The second kappa shape index (κ2) is 6.00. The molecule has 0 bridgehead atoms. The predicted octanol–water partition coefficient (Wildman–Crippen LogP) is 4.08. The third-order valence-corrected chi connectivity index (χ3v) is 4.67. The lowest BCUT2D eigenvalue weighted by Crippen LogP contribution is -2.32. The van der Waals surface area contributed by atoms with Crippen LogP contribution < -0.4 is 9.47 Å². The van der Waals surface area contributed by atoms with Gasteiger partial charge in [-0.15, -0.1) is 11.8 Å². The van der Waals surface area contributed by atoms with Gasteiger partial charge in [0.15, 0.2) is 6.10 Å². The van der Waals surface area contributed by atoms with Gasteiger partial charge >= 0.3 is 0 Å². The van der Waals surface area contributed by atoms with Crippen LogP contribution in [0.4, 0.5) is 0 Å². The highest BCUT2D eigenvalue weighted by Crippen LogP contribution is 2.36. The quantitative estimate of drug-likeness (QED) is 0.798. The van der Waals surface area contributed by atoms with E-state index in [1.807, 2.05) is 24.3 Å². The van der Waals surface area contributed by atoms with Crippen molar-refractivity contribution in [1.29, 1.82) is 0 Å². The molecule has 108 valence electrons. The lowest BCUT2D eigenvalue weighted by Gasteiger charge is -2.24. The predicted molar refractivity (Wildman–Crippen MR) is 83.9 cm³/mol. The van der Waals surface area contributed by atoms with Crippen LogP contribution in [0.3, 0.4) is 0 Å². The van der Waals surface area contributed by atoms with Gasteiger partial charge in [0.1, 0.15) is 11.5 Å². The van der Waals surface area contributed by atoms with Crippen molar-refractivity contribution < 1.29 is 14.3 Å². The molecule has 5 heteroatoms. The van der Waals surface area contributed by atoms with Gasteiger partial charge in [0, 0.05) is 16.2 Å². The number of rotatable bonds is 3. The number of ether oxygens (including phenoxy) is 2. The third-order valence-electron chi connectivity index (χ3n) is 3.24. The summed E-state index contributed by atoms with van der Waals surface area (Å²) >= 11 is 7.61. The number of carbonyl (C=O) groups excluding carboxylic acids is 1. The van der Waals surface area contributed by atoms with Crippen molar-refractivity contribution in [2.45, 2.75) is 11.0 Å². The Hall–Kier alpha value is -1.65. The highest BCUT2D eigenvalue weighted by atomic mass is 35.5. The van der Waals surface area contributed by atoms with Crippen molar-refractivity contribution in [3.8, 4) is 11.5 Å². The molecular weight excluding hydrogens is 308 g/mol. The Labute approximate surface area is 132 Å². The fraction of sp³-hybridized carbons (Fsp3) is 0.188. The second-order valence-corrected chi connectivity index (χ2v) is 6.05. The van der Waals surface area contributed by atoms with Gasteiger partial charge in [-0.2, -0.15) is 0 Å². The first-order valence-electron chi connectivity index (χ1n) is 6.45. The Bertz CT molecular complexity index is 687. The molecule has 2 aromatic carbocycles. The smallest absolute Gasteiger partial charge is 0.204 e. The van der Waals surface area contributed by atoms with Gasteiger partial charge in [-0.1, -0.05) is 23.7 Å². The third kappa shape index (κ3) is 2.87. The minimum absolute atomic E-state index is 0.0630. The first-order valence-corrected chi connectivity index (χ1v) is 7.81. The Balaban J connectivity index is 1.84. The Morgan fingerprint density at radius 2 is 2.14 bits per heavy atom. The summed E-state index contributed by atoms with van der Waals surface area (Å²) in [6.07, 6.45) is -0.490. The van der Waals surface area contributed by atoms with E-state index in [-0.39, 0.29) is 5.78 Å². The zero-order valence-electron chi connectivity index (χ0n) is 11.3. The Kier molecular flexibility index (Phi) is 4.08. The van der Waals surface area contributed by atoms with Crippen molar-refractivity contribution in [1.82, 2.24) is 0 Å². The molecular formula is C16H13ClO3S. The van der Waals surface area contributed by atoms with E-state index in [0.717, 1.165) is 10.6 Å². The van der Waals surface area contributed by atoms with Crippen LogP contribution in [0.25, 0.3) is 0 Å². The maximum Gasteiger partial charge on any atom is 0.204 e. The number of hydrogen-bond acceptors (Lipinski definition) is 4. The molecule has 0 saturated heterocycles. The molecule has 0 spiro atoms.